The molecule has 1 aliphatic rings. The van der Waals surface area contributed by atoms with E-state index in [1.807, 2.05) is 0 Å². The number of hydrogen-bond donors (Lipinski definition) is 1. The van der Waals surface area contributed by atoms with E-state index in [1.165, 1.54) is 7.11 Å². The van der Waals surface area contributed by atoms with E-state index < -0.39 is 5.97 Å². The zero-order valence-corrected chi connectivity index (χ0v) is 6.79. The zero-order valence-electron chi connectivity index (χ0n) is 6.79. The molecule has 4 nitrogen and oxygen atoms in total. The third-order valence-electron chi connectivity index (χ3n) is 1.77. The van der Waals surface area contributed by atoms with Crippen LogP contribution in [-0.4, -0.2) is 24.0 Å². The monoisotopic (exact) mass is 170 g/mol. The van der Waals surface area contributed by atoms with Crippen molar-refractivity contribution in [1.29, 1.82) is 0 Å². The van der Waals surface area contributed by atoms with Gasteiger partial charge in [0.1, 0.15) is 11.3 Å². The fourth-order valence-electron chi connectivity index (χ4n) is 1.16. The summed E-state index contributed by atoms with van der Waals surface area (Å²) in [5, 5.41) is 9.20. The number of allylic oxidation sites excluding steroid dienone is 1. The number of hydrogen-bond acceptors (Lipinski definition) is 4. The zero-order chi connectivity index (χ0) is 9.14. The Kier molecular flexibility index (Phi) is 2.47. The molecule has 0 radical (unpaired) electrons. The van der Waals surface area contributed by atoms with Gasteiger partial charge in [-0.25, -0.2) is 4.79 Å². The molecule has 1 aliphatic carbocycles. The first-order valence-electron chi connectivity index (χ1n) is 3.70. The fraction of sp³-hybridized carbons (Fsp3) is 0.500. The lowest BCUT2D eigenvalue weighted by Crippen LogP contribution is -2.20. The summed E-state index contributed by atoms with van der Waals surface area (Å²) in [6, 6.07) is 0. The van der Waals surface area contributed by atoms with E-state index in [-0.39, 0.29) is 17.1 Å². The lowest BCUT2D eigenvalue weighted by atomic mass is 9.96. The van der Waals surface area contributed by atoms with Gasteiger partial charge < -0.3 is 9.84 Å². The molecule has 0 aliphatic heterocycles. The summed E-state index contributed by atoms with van der Waals surface area (Å²) in [6.45, 7) is 0. The summed E-state index contributed by atoms with van der Waals surface area (Å²) in [5.41, 5.74) is -0.177. The molecular formula is C8H10O4. The van der Waals surface area contributed by atoms with Gasteiger partial charge in [0.15, 0.2) is 5.78 Å². The first kappa shape index (κ1) is 8.77. The van der Waals surface area contributed by atoms with Gasteiger partial charge in [0.05, 0.1) is 7.11 Å². The fourth-order valence-corrected chi connectivity index (χ4v) is 1.16. The number of methoxy groups -OCH3 is 1. The number of esters is 1. The number of carbonyl (C=O) groups excluding carboxylic acids is 2. The largest absolute Gasteiger partial charge is 0.511 e. The van der Waals surface area contributed by atoms with Crippen molar-refractivity contribution in [2.45, 2.75) is 19.3 Å². The van der Waals surface area contributed by atoms with E-state index >= 15 is 0 Å². The van der Waals surface area contributed by atoms with Gasteiger partial charge in [-0.2, -0.15) is 0 Å². The van der Waals surface area contributed by atoms with Crippen LogP contribution in [0.2, 0.25) is 0 Å². The standard InChI is InChI=1S/C8H10O4/c1-12-8(11)7-5(9)3-2-4-6(7)10/h9H,2-4H2,1H3. The number of ether oxygens (including phenoxy) is 1. The van der Waals surface area contributed by atoms with Crippen LogP contribution in [0.5, 0.6) is 0 Å². The lowest BCUT2D eigenvalue weighted by Gasteiger charge is -2.12. The molecule has 0 unspecified atom stereocenters. The van der Waals surface area contributed by atoms with Crippen LogP contribution in [0.1, 0.15) is 19.3 Å². The maximum absolute atomic E-state index is 11.1. The second kappa shape index (κ2) is 3.38. The average molecular weight is 170 g/mol. The predicted octanol–water partition coefficient (Wildman–Crippen LogP) is 0.724. The summed E-state index contributed by atoms with van der Waals surface area (Å²) in [7, 11) is 1.19. The Labute approximate surface area is 69.8 Å². The van der Waals surface area contributed by atoms with E-state index in [0.717, 1.165) is 0 Å². The Morgan fingerprint density at radius 3 is 2.67 bits per heavy atom. The van der Waals surface area contributed by atoms with Crippen molar-refractivity contribution >= 4 is 11.8 Å². The maximum atomic E-state index is 11.1. The molecule has 0 fully saturated rings. The highest BCUT2D eigenvalue weighted by Crippen LogP contribution is 2.20. The van der Waals surface area contributed by atoms with Gasteiger partial charge in [0, 0.05) is 12.8 Å². The number of rotatable bonds is 1. The van der Waals surface area contributed by atoms with Crippen LogP contribution in [0, 0.1) is 0 Å². The second-order valence-corrected chi connectivity index (χ2v) is 2.59. The third-order valence-corrected chi connectivity index (χ3v) is 1.77. The molecule has 4 heteroatoms. The number of aliphatic hydroxyl groups excluding tert-OH is 1. The van der Waals surface area contributed by atoms with Gasteiger partial charge in [-0.3, -0.25) is 4.79 Å². The van der Waals surface area contributed by atoms with Gasteiger partial charge in [0.25, 0.3) is 0 Å². The Hall–Kier alpha value is -1.32. The van der Waals surface area contributed by atoms with Crippen molar-refractivity contribution < 1.29 is 19.4 Å². The highest BCUT2D eigenvalue weighted by molar-refractivity contribution is 6.18. The van der Waals surface area contributed by atoms with Crippen LogP contribution in [0.4, 0.5) is 0 Å². The van der Waals surface area contributed by atoms with Crippen molar-refractivity contribution in [3.8, 4) is 0 Å². The molecule has 0 aromatic heterocycles. The summed E-state index contributed by atoms with van der Waals surface area (Å²) >= 11 is 0. The Bertz CT molecular complexity index is 252. The van der Waals surface area contributed by atoms with Crippen LogP contribution >= 0.6 is 0 Å². The van der Waals surface area contributed by atoms with Crippen LogP contribution in [0.25, 0.3) is 0 Å². The van der Waals surface area contributed by atoms with Crippen molar-refractivity contribution in [3.63, 3.8) is 0 Å². The van der Waals surface area contributed by atoms with Crippen LogP contribution in [-0.2, 0) is 14.3 Å². The van der Waals surface area contributed by atoms with E-state index in [0.29, 0.717) is 19.3 Å². The molecule has 0 aromatic carbocycles. The SMILES string of the molecule is COC(=O)C1=C(O)CCCC1=O. The lowest BCUT2D eigenvalue weighted by molar-refractivity contribution is -0.138. The van der Waals surface area contributed by atoms with Gasteiger partial charge in [-0.15, -0.1) is 0 Å². The molecule has 1 rings (SSSR count). The molecule has 0 saturated heterocycles. The highest BCUT2D eigenvalue weighted by atomic mass is 16.5. The summed E-state index contributed by atoms with van der Waals surface area (Å²) in [6.07, 6.45) is 1.30. The van der Waals surface area contributed by atoms with Gasteiger partial charge in [0.2, 0.25) is 0 Å². The van der Waals surface area contributed by atoms with Crippen LogP contribution < -0.4 is 0 Å². The first-order chi connectivity index (χ1) is 5.66. The van der Waals surface area contributed by atoms with Crippen molar-refractivity contribution in [1.82, 2.24) is 0 Å². The molecule has 0 atom stereocenters. The third kappa shape index (κ3) is 1.47. The molecule has 1 N–H and O–H groups in total. The van der Waals surface area contributed by atoms with Crippen LogP contribution in [0.15, 0.2) is 11.3 Å². The van der Waals surface area contributed by atoms with E-state index in [9.17, 15) is 14.7 Å². The number of carbonyl (C=O) groups is 2. The predicted molar refractivity (Wildman–Crippen MR) is 40.5 cm³/mol. The van der Waals surface area contributed by atoms with Gasteiger partial charge >= 0.3 is 5.97 Å². The molecule has 0 heterocycles. The van der Waals surface area contributed by atoms with Gasteiger partial charge in [-0.05, 0) is 6.42 Å². The summed E-state index contributed by atoms with van der Waals surface area (Å²) in [5.74, 6) is -1.21. The Balaban J connectivity index is 2.96. The first-order valence-corrected chi connectivity index (χ1v) is 3.70. The smallest absolute Gasteiger partial charge is 0.344 e. The molecule has 0 amide bonds. The molecule has 66 valence electrons. The highest BCUT2D eigenvalue weighted by Gasteiger charge is 2.26. The van der Waals surface area contributed by atoms with Crippen molar-refractivity contribution in [3.05, 3.63) is 11.3 Å². The minimum atomic E-state index is -0.739. The van der Waals surface area contributed by atoms with E-state index in [2.05, 4.69) is 4.74 Å². The van der Waals surface area contributed by atoms with E-state index in [4.69, 9.17) is 0 Å². The molecule has 0 spiro atoms. The minimum absolute atomic E-state index is 0.141. The Morgan fingerprint density at radius 2 is 2.17 bits per heavy atom. The van der Waals surface area contributed by atoms with E-state index in [1.54, 1.807) is 0 Å². The number of Topliss-reactive ketones (excluding diaryl/α,β-unsaturated/α-hetero) is 1. The summed E-state index contributed by atoms with van der Waals surface area (Å²) in [4.78, 5) is 22.0. The topological polar surface area (TPSA) is 63.6 Å². The quantitative estimate of drug-likeness (QED) is 0.465. The molecule has 0 saturated carbocycles. The average Bonchev–Trinajstić information content (AvgIpc) is 2.03. The second-order valence-electron chi connectivity index (χ2n) is 2.59. The normalized spacial score (nSPS) is 17.9. The van der Waals surface area contributed by atoms with Crippen molar-refractivity contribution in [2.75, 3.05) is 7.11 Å². The van der Waals surface area contributed by atoms with Crippen molar-refractivity contribution in [2.24, 2.45) is 0 Å². The molecule has 0 bridgehead atoms. The maximum Gasteiger partial charge on any atom is 0.344 e. The van der Waals surface area contributed by atoms with Crippen LogP contribution in [0.3, 0.4) is 0 Å². The number of ketones is 1. The summed E-state index contributed by atoms with van der Waals surface area (Å²) < 4.78 is 4.35. The minimum Gasteiger partial charge on any atom is -0.511 e. The number of aliphatic hydroxyl groups is 1. The Morgan fingerprint density at radius 1 is 1.50 bits per heavy atom. The molecular weight excluding hydrogens is 160 g/mol. The molecule has 0 aromatic rings. The van der Waals surface area contributed by atoms with Gasteiger partial charge in [-0.1, -0.05) is 0 Å². The molecule has 12 heavy (non-hydrogen) atoms.